The van der Waals surface area contributed by atoms with Crippen LogP contribution in [0.15, 0.2) is 11.6 Å². The van der Waals surface area contributed by atoms with Crippen LogP contribution in [0.3, 0.4) is 0 Å². The fourth-order valence-electron chi connectivity index (χ4n) is 3.97. The van der Waals surface area contributed by atoms with E-state index in [9.17, 15) is 0 Å². The summed E-state index contributed by atoms with van der Waals surface area (Å²) in [5, 5.41) is 0. The molecule has 3 fully saturated rings. The molecular formula is C18H30O4. The van der Waals surface area contributed by atoms with E-state index in [-0.39, 0.29) is 30.0 Å². The minimum atomic E-state index is -0.0120. The quantitative estimate of drug-likeness (QED) is 0.558. The number of methoxy groups -OCH3 is 1. The van der Waals surface area contributed by atoms with Gasteiger partial charge < -0.3 is 18.9 Å². The maximum absolute atomic E-state index is 6.11. The molecule has 22 heavy (non-hydrogen) atoms. The van der Waals surface area contributed by atoms with Gasteiger partial charge in [0.1, 0.15) is 0 Å². The van der Waals surface area contributed by atoms with Crippen molar-refractivity contribution in [3.05, 3.63) is 11.6 Å². The van der Waals surface area contributed by atoms with Gasteiger partial charge in [0.2, 0.25) is 0 Å². The molecule has 0 aromatic rings. The van der Waals surface area contributed by atoms with E-state index in [1.807, 2.05) is 0 Å². The van der Waals surface area contributed by atoms with Crippen molar-refractivity contribution in [3.63, 3.8) is 0 Å². The highest BCUT2D eigenvalue weighted by Gasteiger charge is 2.66. The Hall–Kier alpha value is -0.420. The van der Waals surface area contributed by atoms with Gasteiger partial charge in [-0.15, -0.1) is 0 Å². The van der Waals surface area contributed by atoms with Gasteiger partial charge in [-0.2, -0.15) is 0 Å². The van der Waals surface area contributed by atoms with Gasteiger partial charge >= 0.3 is 0 Å². The van der Waals surface area contributed by atoms with Gasteiger partial charge in [-0.05, 0) is 47.0 Å². The Labute approximate surface area is 134 Å². The van der Waals surface area contributed by atoms with Crippen molar-refractivity contribution in [1.29, 1.82) is 0 Å². The summed E-state index contributed by atoms with van der Waals surface area (Å²) >= 11 is 0. The summed E-state index contributed by atoms with van der Waals surface area (Å²) in [5.74, 6) is 0.297. The Balaban J connectivity index is 1.70. The van der Waals surface area contributed by atoms with Crippen molar-refractivity contribution in [2.45, 2.75) is 83.1 Å². The second-order valence-corrected chi connectivity index (χ2v) is 7.50. The van der Waals surface area contributed by atoms with Gasteiger partial charge in [0.15, 0.2) is 0 Å². The molecule has 4 nitrogen and oxygen atoms in total. The van der Waals surface area contributed by atoms with E-state index in [2.05, 4.69) is 33.8 Å². The molecule has 0 N–H and O–H groups in total. The molecule has 3 unspecified atom stereocenters. The monoisotopic (exact) mass is 310 g/mol. The van der Waals surface area contributed by atoms with Crippen LogP contribution in [0.25, 0.3) is 0 Å². The highest BCUT2D eigenvalue weighted by Crippen LogP contribution is 2.54. The standard InChI is InChI=1S/C18H30O4/c1-11(2)6-7-13-17(22-13)15-16(19-5)14(21-12(3)4)8-9-18(15)10-20-18/h6,12-17H,7-10H2,1-5H3/t13-,14?,15?,16?,17+,18+/m1/s1. The summed E-state index contributed by atoms with van der Waals surface area (Å²) in [5.41, 5.74) is 1.33. The summed E-state index contributed by atoms with van der Waals surface area (Å²) in [6.07, 6.45) is 6.34. The summed E-state index contributed by atoms with van der Waals surface area (Å²) in [4.78, 5) is 0. The Kier molecular flexibility index (Phi) is 4.66. The van der Waals surface area contributed by atoms with Crippen LogP contribution in [0.5, 0.6) is 0 Å². The average molecular weight is 310 g/mol. The third-order valence-electron chi connectivity index (χ3n) is 5.15. The van der Waals surface area contributed by atoms with E-state index in [0.29, 0.717) is 12.0 Å². The Morgan fingerprint density at radius 3 is 2.64 bits per heavy atom. The predicted octanol–water partition coefficient (Wildman–Crippen LogP) is 3.10. The molecule has 126 valence electrons. The highest BCUT2D eigenvalue weighted by molar-refractivity contribution is 5.15. The van der Waals surface area contributed by atoms with Crippen molar-refractivity contribution < 1.29 is 18.9 Å². The van der Waals surface area contributed by atoms with E-state index in [1.165, 1.54) is 5.57 Å². The van der Waals surface area contributed by atoms with Crippen LogP contribution >= 0.6 is 0 Å². The van der Waals surface area contributed by atoms with Crippen LogP contribution < -0.4 is 0 Å². The van der Waals surface area contributed by atoms with Gasteiger partial charge in [0.05, 0.1) is 42.7 Å². The third kappa shape index (κ3) is 3.25. The lowest BCUT2D eigenvalue weighted by Crippen LogP contribution is -2.52. The molecule has 1 saturated carbocycles. The largest absolute Gasteiger partial charge is 0.378 e. The number of ether oxygens (including phenoxy) is 4. The summed E-state index contributed by atoms with van der Waals surface area (Å²) in [6, 6.07) is 0. The van der Waals surface area contributed by atoms with Gasteiger partial charge in [-0.25, -0.2) is 0 Å². The van der Waals surface area contributed by atoms with Crippen molar-refractivity contribution in [2.24, 2.45) is 5.92 Å². The van der Waals surface area contributed by atoms with Crippen molar-refractivity contribution in [1.82, 2.24) is 0 Å². The molecule has 0 radical (unpaired) electrons. The number of hydrogen-bond acceptors (Lipinski definition) is 4. The molecule has 0 aromatic heterocycles. The first-order valence-electron chi connectivity index (χ1n) is 8.58. The van der Waals surface area contributed by atoms with Crippen LogP contribution in [0, 0.1) is 5.92 Å². The molecule has 3 rings (SSSR count). The van der Waals surface area contributed by atoms with Gasteiger partial charge in [0, 0.05) is 13.0 Å². The smallest absolute Gasteiger partial charge is 0.0997 e. The minimum absolute atomic E-state index is 0.0120. The number of allylic oxidation sites excluding steroid dienone is 1. The van der Waals surface area contributed by atoms with Crippen molar-refractivity contribution >= 4 is 0 Å². The fourth-order valence-corrected chi connectivity index (χ4v) is 3.97. The molecule has 6 atom stereocenters. The molecule has 2 aliphatic heterocycles. The zero-order valence-corrected chi connectivity index (χ0v) is 14.5. The zero-order chi connectivity index (χ0) is 15.9. The molecule has 0 amide bonds. The number of epoxide rings is 2. The van der Waals surface area contributed by atoms with E-state index >= 15 is 0 Å². The van der Waals surface area contributed by atoms with E-state index in [0.717, 1.165) is 25.9 Å². The maximum atomic E-state index is 6.11. The normalized spacial score (nSPS) is 43.5. The second-order valence-electron chi connectivity index (χ2n) is 7.50. The lowest BCUT2D eigenvalue weighted by Gasteiger charge is -2.41. The van der Waals surface area contributed by atoms with Crippen LogP contribution in [-0.2, 0) is 18.9 Å². The molecular weight excluding hydrogens is 280 g/mol. The first-order valence-corrected chi connectivity index (χ1v) is 8.58. The van der Waals surface area contributed by atoms with Crippen molar-refractivity contribution in [3.8, 4) is 0 Å². The Morgan fingerprint density at radius 2 is 2.09 bits per heavy atom. The molecule has 2 saturated heterocycles. The Morgan fingerprint density at radius 1 is 1.36 bits per heavy atom. The Bertz CT molecular complexity index is 423. The van der Waals surface area contributed by atoms with Crippen LogP contribution in [0.2, 0.25) is 0 Å². The third-order valence-corrected chi connectivity index (χ3v) is 5.15. The van der Waals surface area contributed by atoms with E-state index < -0.39 is 0 Å². The molecule has 1 spiro atoms. The summed E-state index contributed by atoms with van der Waals surface area (Å²) < 4.78 is 23.9. The number of rotatable bonds is 6. The molecule has 4 heteroatoms. The SMILES string of the molecule is COC1C(OC(C)C)CC[C@]2(CO2)C1[C@H]1O[C@@H]1CC=C(C)C. The first kappa shape index (κ1) is 16.4. The van der Waals surface area contributed by atoms with Gasteiger partial charge in [-0.1, -0.05) is 11.6 Å². The zero-order valence-electron chi connectivity index (χ0n) is 14.5. The fraction of sp³-hybridized carbons (Fsp3) is 0.889. The topological polar surface area (TPSA) is 43.5 Å². The first-order chi connectivity index (χ1) is 10.5. The molecule has 1 aliphatic carbocycles. The molecule has 0 bridgehead atoms. The lowest BCUT2D eigenvalue weighted by atomic mass is 9.73. The molecule has 0 aromatic carbocycles. The highest BCUT2D eigenvalue weighted by atomic mass is 16.6. The van der Waals surface area contributed by atoms with Gasteiger partial charge in [0.25, 0.3) is 0 Å². The maximum Gasteiger partial charge on any atom is 0.0997 e. The van der Waals surface area contributed by atoms with E-state index in [4.69, 9.17) is 18.9 Å². The minimum Gasteiger partial charge on any atom is -0.378 e. The second kappa shape index (κ2) is 6.23. The molecule has 3 aliphatic rings. The van der Waals surface area contributed by atoms with E-state index in [1.54, 1.807) is 7.11 Å². The summed E-state index contributed by atoms with van der Waals surface area (Å²) in [6.45, 7) is 9.29. The van der Waals surface area contributed by atoms with Gasteiger partial charge in [-0.3, -0.25) is 0 Å². The number of hydrogen-bond donors (Lipinski definition) is 0. The summed E-state index contributed by atoms with van der Waals surface area (Å²) in [7, 11) is 1.79. The average Bonchev–Trinajstić information content (AvgIpc) is 3.35. The molecule has 2 heterocycles. The van der Waals surface area contributed by atoms with Crippen LogP contribution in [0.4, 0.5) is 0 Å². The van der Waals surface area contributed by atoms with Crippen LogP contribution in [0.1, 0.15) is 47.0 Å². The predicted molar refractivity (Wildman–Crippen MR) is 84.9 cm³/mol. The van der Waals surface area contributed by atoms with Crippen LogP contribution in [-0.4, -0.2) is 49.8 Å². The lowest BCUT2D eigenvalue weighted by molar-refractivity contribution is -0.142. The van der Waals surface area contributed by atoms with Crippen molar-refractivity contribution in [2.75, 3.05) is 13.7 Å².